The van der Waals surface area contributed by atoms with Crippen LogP contribution in [0.1, 0.15) is 30.5 Å². The van der Waals surface area contributed by atoms with Crippen LogP contribution in [0.5, 0.6) is 0 Å². The lowest BCUT2D eigenvalue weighted by atomic mass is 10.0. The van der Waals surface area contributed by atoms with Gasteiger partial charge in [0.1, 0.15) is 17.5 Å². The predicted molar refractivity (Wildman–Crippen MR) is 114 cm³/mol. The second-order valence-corrected chi connectivity index (χ2v) is 7.53. The molecule has 2 aromatic heterocycles. The molecule has 30 heavy (non-hydrogen) atoms. The summed E-state index contributed by atoms with van der Waals surface area (Å²) in [7, 11) is 0. The standard InChI is InChI=1S/C22H25FN6O/c1-16-22(25-11-10-24-16)26-14-19-7-2-3-12-28(19)20-8-9-21(30)29(27-20)15-17-5-4-6-18(23)13-17/h4-6,8-11,13,19H,2-3,7,12,14-15H2,1H3,(H,25,26). The molecule has 3 heterocycles. The first-order chi connectivity index (χ1) is 14.6. The predicted octanol–water partition coefficient (Wildman–Crippen LogP) is 3.00. The second kappa shape index (κ2) is 9.02. The van der Waals surface area contributed by atoms with E-state index in [1.807, 2.05) is 6.92 Å². The molecule has 1 saturated heterocycles. The van der Waals surface area contributed by atoms with E-state index >= 15 is 0 Å². The molecule has 1 atom stereocenters. The molecule has 1 N–H and O–H groups in total. The summed E-state index contributed by atoms with van der Waals surface area (Å²) in [5, 5.41) is 8.00. The molecule has 0 spiro atoms. The van der Waals surface area contributed by atoms with E-state index in [0.29, 0.717) is 12.1 Å². The van der Waals surface area contributed by atoms with Gasteiger partial charge in [-0.1, -0.05) is 12.1 Å². The van der Waals surface area contributed by atoms with Gasteiger partial charge in [0.2, 0.25) is 0 Å². The fourth-order valence-electron chi connectivity index (χ4n) is 3.82. The summed E-state index contributed by atoms with van der Waals surface area (Å²) < 4.78 is 14.9. The molecular weight excluding hydrogens is 383 g/mol. The Labute approximate surface area is 174 Å². The average Bonchev–Trinajstić information content (AvgIpc) is 2.75. The molecule has 1 aliphatic heterocycles. The normalized spacial score (nSPS) is 16.5. The molecule has 0 bridgehead atoms. The Morgan fingerprint density at radius 3 is 2.87 bits per heavy atom. The molecule has 0 amide bonds. The van der Waals surface area contributed by atoms with E-state index in [0.717, 1.165) is 43.1 Å². The van der Waals surface area contributed by atoms with Crippen molar-refractivity contribution < 1.29 is 4.39 Å². The first-order valence-corrected chi connectivity index (χ1v) is 10.2. The topological polar surface area (TPSA) is 75.9 Å². The van der Waals surface area contributed by atoms with Crippen molar-refractivity contribution >= 4 is 11.6 Å². The summed E-state index contributed by atoms with van der Waals surface area (Å²) in [4.78, 5) is 23.2. The zero-order valence-corrected chi connectivity index (χ0v) is 17.0. The number of benzene rings is 1. The fraction of sp³-hybridized carbons (Fsp3) is 0.364. The van der Waals surface area contributed by atoms with Crippen molar-refractivity contribution in [3.63, 3.8) is 0 Å². The number of halogens is 1. The maximum Gasteiger partial charge on any atom is 0.267 e. The Kier molecular flexibility index (Phi) is 6.02. The SMILES string of the molecule is Cc1nccnc1NCC1CCCCN1c1ccc(=O)n(Cc2cccc(F)c2)n1. The number of anilines is 2. The number of rotatable bonds is 6. The molecule has 1 aromatic carbocycles. The van der Waals surface area contributed by atoms with Crippen LogP contribution in [0, 0.1) is 12.7 Å². The highest BCUT2D eigenvalue weighted by Gasteiger charge is 2.24. The van der Waals surface area contributed by atoms with Crippen LogP contribution in [0.2, 0.25) is 0 Å². The molecule has 0 radical (unpaired) electrons. The van der Waals surface area contributed by atoms with Crippen LogP contribution in [-0.2, 0) is 6.54 Å². The summed E-state index contributed by atoms with van der Waals surface area (Å²) in [6, 6.07) is 9.79. The van der Waals surface area contributed by atoms with Crippen molar-refractivity contribution in [1.29, 1.82) is 0 Å². The highest BCUT2D eigenvalue weighted by Crippen LogP contribution is 2.23. The highest BCUT2D eigenvalue weighted by atomic mass is 19.1. The van der Waals surface area contributed by atoms with Crippen molar-refractivity contribution in [2.24, 2.45) is 0 Å². The van der Waals surface area contributed by atoms with Crippen LogP contribution >= 0.6 is 0 Å². The van der Waals surface area contributed by atoms with Gasteiger partial charge in [-0.15, -0.1) is 0 Å². The minimum atomic E-state index is -0.321. The quantitative estimate of drug-likeness (QED) is 0.676. The van der Waals surface area contributed by atoms with Gasteiger partial charge in [-0.25, -0.2) is 14.1 Å². The van der Waals surface area contributed by atoms with Crippen molar-refractivity contribution in [3.8, 4) is 0 Å². The molecule has 0 saturated carbocycles. The van der Waals surface area contributed by atoms with Crippen molar-refractivity contribution in [1.82, 2.24) is 19.7 Å². The van der Waals surface area contributed by atoms with Gasteiger partial charge >= 0.3 is 0 Å². The zero-order valence-electron chi connectivity index (χ0n) is 17.0. The lowest BCUT2D eigenvalue weighted by Crippen LogP contribution is -2.45. The molecule has 156 valence electrons. The van der Waals surface area contributed by atoms with Gasteiger partial charge < -0.3 is 10.2 Å². The molecule has 1 fully saturated rings. The summed E-state index contributed by atoms with van der Waals surface area (Å²) >= 11 is 0. The van der Waals surface area contributed by atoms with E-state index in [2.05, 4.69) is 25.3 Å². The first kappa shape index (κ1) is 20.0. The first-order valence-electron chi connectivity index (χ1n) is 10.2. The average molecular weight is 408 g/mol. The number of nitrogens with zero attached hydrogens (tertiary/aromatic N) is 5. The Morgan fingerprint density at radius 1 is 1.17 bits per heavy atom. The van der Waals surface area contributed by atoms with E-state index in [1.54, 1.807) is 30.6 Å². The molecule has 8 heteroatoms. The van der Waals surface area contributed by atoms with Crippen LogP contribution < -0.4 is 15.8 Å². The highest BCUT2D eigenvalue weighted by molar-refractivity contribution is 5.42. The van der Waals surface area contributed by atoms with Crippen molar-refractivity contribution in [3.05, 3.63) is 76.2 Å². The molecule has 3 aromatic rings. The number of aromatic nitrogens is 4. The third kappa shape index (κ3) is 4.64. The minimum Gasteiger partial charge on any atom is -0.367 e. The Balaban J connectivity index is 1.53. The number of nitrogens with one attached hydrogen (secondary N) is 1. The lowest BCUT2D eigenvalue weighted by molar-refractivity contribution is 0.462. The molecule has 1 unspecified atom stereocenters. The number of aryl methyl sites for hydroxylation is 1. The van der Waals surface area contributed by atoms with Gasteiger partial charge in [0.15, 0.2) is 0 Å². The van der Waals surface area contributed by atoms with Crippen LogP contribution in [0.25, 0.3) is 0 Å². The molecule has 1 aliphatic rings. The fourth-order valence-corrected chi connectivity index (χ4v) is 3.82. The van der Waals surface area contributed by atoms with Crippen LogP contribution in [-0.4, -0.2) is 38.9 Å². The van der Waals surface area contributed by atoms with E-state index < -0.39 is 0 Å². The van der Waals surface area contributed by atoms with Crippen LogP contribution in [0.4, 0.5) is 16.0 Å². The van der Waals surface area contributed by atoms with E-state index in [4.69, 9.17) is 0 Å². The Hall–Kier alpha value is -3.29. The maximum absolute atomic E-state index is 13.5. The van der Waals surface area contributed by atoms with E-state index in [9.17, 15) is 9.18 Å². The molecular formula is C22H25FN6O. The van der Waals surface area contributed by atoms with Gasteiger partial charge in [0.05, 0.1) is 12.2 Å². The van der Waals surface area contributed by atoms with E-state index in [-0.39, 0.29) is 24.0 Å². The Bertz CT molecular complexity index is 1070. The molecule has 4 rings (SSSR count). The second-order valence-electron chi connectivity index (χ2n) is 7.53. The van der Waals surface area contributed by atoms with Gasteiger partial charge in [-0.3, -0.25) is 9.78 Å². The maximum atomic E-state index is 13.5. The summed E-state index contributed by atoms with van der Waals surface area (Å²) in [5.41, 5.74) is 1.36. The lowest BCUT2D eigenvalue weighted by Gasteiger charge is -2.37. The molecule has 0 aliphatic carbocycles. The van der Waals surface area contributed by atoms with Gasteiger partial charge in [-0.05, 0) is 49.9 Å². The summed E-state index contributed by atoms with van der Waals surface area (Å²) in [6.07, 6.45) is 6.60. The van der Waals surface area contributed by atoms with Crippen molar-refractivity contribution in [2.45, 2.75) is 38.8 Å². The zero-order chi connectivity index (χ0) is 20.9. The minimum absolute atomic E-state index is 0.204. The Morgan fingerprint density at radius 2 is 2.03 bits per heavy atom. The smallest absolute Gasteiger partial charge is 0.267 e. The van der Waals surface area contributed by atoms with Crippen molar-refractivity contribution in [2.75, 3.05) is 23.3 Å². The van der Waals surface area contributed by atoms with E-state index in [1.165, 1.54) is 22.9 Å². The third-order valence-electron chi connectivity index (χ3n) is 5.38. The monoisotopic (exact) mass is 408 g/mol. The largest absolute Gasteiger partial charge is 0.367 e. The van der Waals surface area contributed by atoms with Gasteiger partial charge in [0, 0.05) is 37.6 Å². The van der Waals surface area contributed by atoms with Gasteiger partial charge in [0.25, 0.3) is 5.56 Å². The third-order valence-corrected chi connectivity index (χ3v) is 5.38. The number of piperidine rings is 1. The number of hydrogen-bond donors (Lipinski definition) is 1. The summed E-state index contributed by atoms with van der Waals surface area (Å²) in [5.74, 6) is 1.22. The number of hydrogen-bond acceptors (Lipinski definition) is 6. The van der Waals surface area contributed by atoms with Crippen LogP contribution in [0.15, 0.2) is 53.6 Å². The summed E-state index contributed by atoms with van der Waals surface area (Å²) in [6.45, 7) is 3.75. The van der Waals surface area contributed by atoms with Gasteiger partial charge in [-0.2, -0.15) is 5.10 Å². The van der Waals surface area contributed by atoms with Crippen LogP contribution in [0.3, 0.4) is 0 Å². The molecule has 7 nitrogen and oxygen atoms in total.